The maximum atomic E-state index is 5.53. The largest absolute Gasteiger partial charge is 0.378 e. The zero-order valence-electron chi connectivity index (χ0n) is 7.42. The lowest BCUT2D eigenvalue weighted by Crippen LogP contribution is -2.41. The quantitative estimate of drug-likeness (QED) is 0.664. The molecule has 0 aromatic heterocycles. The van der Waals surface area contributed by atoms with Gasteiger partial charge in [-0.2, -0.15) is 0 Å². The lowest BCUT2D eigenvalue weighted by atomic mass is 10.3. The van der Waals surface area contributed by atoms with E-state index in [-0.39, 0.29) is 6.10 Å². The Bertz CT molecular complexity index is 130. The summed E-state index contributed by atoms with van der Waals surface area (Å²) >= 11 is 0. The second kappa shape index (κ2) is 4.21. The molecule has 2 fully saturated rings. The van der Waals surface area contributed by atoms with Gasteiger partial charge in [-0.25, -0.2) is 0 Å². The zero-order chi connectivity index (χ0) is 8.23. The summed E-state index contributed by atoms with van der Waals surface area (Å²) in [6.07, 6.45) is 3.02. The van der Waals surface area contributed by atoms with Gasteiger partial charge in [-0.05, 0) is 18.8 Å². The van der Waals surface area contributed by atoms with Crippen molar-refractivity contribution in [2.75, 3.05) is 32.9 Å². The molecule has 1 heterocycles. The summed E-state index contributed by atoms with van der Waals surface area (Å²) in [5.41, 5.74) is 0. The minimum absolute atomic E-state index is 0.289. The van der Waals surface area contributed by atoms with E-state index in [1.807, 2.05) is 0 Å². The maximum absolute atomic E-state index is 5.53. The number of hydrogen-bond acceptors (Lipinski definition) is 3. The molecule has 1 atom stereocenters. The Hall–Kier alpha value is -0.120. The predicted molar refractivity (Wildman–Crippen MR) is 46.2 cm³/mol. The molecule has 1 saturated heterocycles. The van der Waals surface area contributed by atoms with Crippen molar-refractivity contribution in [3.63, 3.8) is 0 Å². The smallest absolute Gasteiger partial charge is 0.0933 e. The molecule has 2 aliphatic rings. The number of morpholine rings is 1. The van der Waals surface area contributed by atoms with E-state index in [1.54, 1.807) is 0 Å². The second-order valence-electron chi connectivity index (χ2n) is 3.68. The molecule has 2 rings (SSSR count). The lowest BCUT2D eigenvalue weighted by Gasteiger charge is -2.23. The first-order valence-corrected chi connectivity index (χ1v) is 4.85. The van der Waals surface area contributed by atoms with E-state index in [0.717, 1.165) is 38.8 Å². The molecule has 0 amide bonds. The fourth-order valence-electron chi connectivity index (χ4n) is 1.38. The summed E-state index contributed by atoms with van der Waals surface area (Å²) in [6, 6.07) is 0. The predicted octanol–water partition coefficient (Wildman–Crippen LogP) is 0.401. The first-order valence-electron chi connectivity index (χ1n) is 4.85. The van der Waals surface area contributed by atoms with E-state index in [9.17, 15) is 0 Å². The van der Waals surface area contributed by atoms with Crippen LogP contribution in [0.5, 0.6) is 0 Å². The summed E-state index contributed by atoms with van der Waals surface area (Å²) < 4.78 is 11.0. The van der Waals surface area contributed by atoms with Crippen molar-refractivity contribution < 1.29 is 9.47 Å². The summed E-state index contributed by atoms with van der Waals surface area (Å²) in [4.78, 5) is 0. The second-order valence-corrected chi connectivity index (χ2v) is 3.68. The van der Waals surface area contributed by atoms with Crippen LogP contribution in [0.25, 0.3) is 0 Å². The molecule has 1 aliphatic heterocycles. The minimum atomic E-state index is 0.289. The van der Waals surface area contributed by atoms with E-state index < -0.39 is 0 Å². The summed E-state index contributed by atoms with van der Waals surface area (Å²) in [5.74, 6) is 0.863. The van der Waals surface area contributed by atoms with Crippen LogP contribution in [0.4, 0.5) is 0 Å². The van der Waals surface area contributed by atoms with Crippen LogP contribution < -0.4 is 5.32 Å². The highest BCUT2D eigenvalue weighted by molar-refractivity contribution is 4.73. The van der Waals surface area contributed by atoms with Crippen molar-refractivity contribution in [3.05, 3.63) is 0 Å². The topological polar surface area (TPSA) is 30.5 Å². The van der Waals surface area contributed by atoms with Gasteiger partial charge in [0.15, 0.2) is 0 Å². The third kappa shape index (κ3) is 2.73. The van der Waals surface area contributed by atoms with E-state index in [1.165, 1.54) is 12.8 Å². The van der Waals surface area contributed by atoms with Crippen molar-refractivity contribution >= 4 is 0 Å². The molecule has 1 unspecified atom stereocenters. The van der Waals surface area contributed by atoms with E-state index in [2.05, 4.69) is 5.32 Å². The van der Waals surface area contributed by atoms with Gasteiger partial charge in [0, 0.05) is 19.7 Å². The van der Waals surface area contributed by atoms with Crippen LogP contribution in [0.3, 0.4) is 0 Å². The molecule has 3 heteroatoms. The average molecular weight is 171 g/mol. The Morgan fingerprint density at radius 3 is 2.92 bits per heavy atom. The monoisotopic (exact) mass is 171 g/mol. The van der Waals surface area contributed by atoms with Crippen LogP contribution in [-0.4, -0.2) is 39.0 Å². The Morgan fingerprint density at radius 2 is 2.25 bits per heavy atom. The first-order chi connectivity index (χ1) is 5.95. The van der Waals surface area contributed by atoms with E-state index in [4.69, 9.17) is 9.47 Å². The normalized spacial score (nSPS) is 30.5. The number of ether oxygens (including phenoxy) is 2. The number of nitrogens with one attached hydrogen (secondary N) is 1. The molecule has 1 saturated carbocycles. The Kier molecular flexibility index (Phi) is 2.98. The standard InChI is InChI=1S/C9H17NO2/c1-2-8(1)6-11-7-9-5-10-3-4-12-9/h8-10H,1-7H2. The van der Waals surface area contributed by atoms with E-state index in [0.29, 0.717) is 0 Å². The fraction of sp³-hybridized carbons (Fsp3) is 1.00. The third-order valence-corrected chi connectivity index (χ3v) is 2.36. The third-order valence-electron chi connectivity index (χ3n) is 2.36. The highest BCUT2D eigenvalue weighted by Gasteiger charge is 2.22. The van der Waals surface area contributed by atoms with Crippen LogP contribution in [0.2, 0.25) is 0 Å². The molecule has 70 valence electrons. The van der Waals surface area contributed by atoms with Gasteiger partial charge in [-0.3, -0.25) is 0 Å². The Labute approximate surface area is 73.4 Å². The Balaban J connectivity index is 1.52. The van der Waals surface area contributed by atoms with Crippen LogP contribution >= 0.6 is 0 Å². The van der Waals surface area contributed by atoms with Crippen molar-refractivity contribution in [1.29, 1.82) is 0 Å². The van der Waals surface area contributed by atoms with Crippen molar-refractivity contribution in [1.82, 2.24) is 5.32 Å². The maximum Gasteiger partial charge on any atom is 0.0933 e. The molecule has 1 N–H and O–H groups in total. The minimum Gasteiger partial charge on any atom is -0.378 e. The average Bonchev–Trinajstić information content (AvgIpc) is 2.90. The fourth-order valence-corrected chi connectivity index (χ4v) is 1.38. The molecular weight excluding hydrogens is 154 g/mol. The molecule has 0 aromatic rings. The van der Waals surface area contributed by atoms with Crippen molar-refractivity contribution in [2.24, 2.45) is 5.92 Å². The lowest BCUT2D eigenvalue weighted by molar-refractivity contribution is -0.0333. The zero-order valence-corrected chi connectivity index (χ0v) is 7.42. The van der Waals surface area contributed by atoms with Crippen LogP contribution in [0, 0.1) is 5.92 Å². The van der Waals surface area contributed by atoms with Crippen LogP contribution in [0.1, 0.15) is 12.8 Å². The molecule has 0 radical (unpaired) electrons. The first kappa shape index (κ1) is 8.48. The van der Waals surface area contributed by atoms with Gasteiger partial charge < -0.3 is 14.8 Å². The van der Waals surface area contributed by atoms with Crippen LogP contribution in [-0.2, 0) is 9.47 Å². The van der Waals surface area contributed by atoms with Gasteiger partial charge in [0.25, 0.3) is 0 Å². The Morgan fingerprint density at radius 1 is 1.33 bits per heavy atom. The highest BCUT2D eigenvalue weighted by Crippen LogP contribution is 2.28. The molecule has 0 spiro atoms. The summed E-state index contributed by atoms with van der Waals surface area (Å²) in [6.45, 7) is 4.48. The molecule has 3 nitrogen and oxygen atoms in total. The van der Waals surface area contributed by atoms with Crippen LogP contribution in [0.15, 0.2) is 0 Å². The SMILES string of the molecule is C1COC(COCC2CC2)CN1. The van der Waals surface area contributed by atoms with Crippen molar-refractivity contribution in [2.45, 2.75) is 18.9 Å². The molecular formula is C9H17NO2. The molecule has 1 aliphatic carbocycles. The van der Waals surface area contributed by atoms with Gasteiger partial charge in [0.1, 0.15) is 0 Å². The van der Waals surface area contributed by atoms with Gasteiger partial charge in [0.2, 0.25) is 0 Å². The van der Waals surface area contributed by atoms with Gasteiger partial charge in [0.05, 0.1) is 19.3 Å². The molecule has 0 aromatic carbocycles. The molecule has 12 heavy (non-hydrogen) atoms. The van der Waals surface area contributed by atoms with E-state index >= 15 is 0 Å². The summed E-state index contributed by atoms with van der Waals surface area (Å²) in [5, 5.41) is 3.28. The molecule has 0 bridgehead atoms. The summed E-state index contributed by atoms with van der Waals surface area (Å²) in [7, 11) is 0. The van der Waals surface area contributed by atoms with Gasteiger partial charge >= 0.3 is 0 Å². The highest BCUT2D eigenvalue weighted by atomic mass is 16.5. The van der Waals surface area contributed by atoms with Gasteiger partial charge in [-0.1, -0.05) is 0 Å². The van der Waals surface area contributed by atoms with Gasteiger partial charge in [-0.15, -0.1) is 0 Å². The number of hydrogen-bond donors (Lipinski definition) is 1. The van der Waals surface area contributed by atoms with Crippen molar-refractivity contribution in [3.8, 4) is 0 Å². The number of rotatable bonds is 4.